The Bertz CT molecular complexity index is 780. The van der Waals surface area contributed by atoms with Gasteiger partial charge in [0.1, 0.15) is 16.7 Å². The molecule has 3 rings (SSSR count). The minimum Gasteiger partial charge on any atom is -0.243 e. The molecule has 5 heteroatoms. The van der Waals surface area contributed by atoms with Crippen molar-refractivity contribution in [2.24, 2.45) is 9.98 Å². The fourth-order valence-electron chi connectivity index (χ4n) is 1.74. The first-order chi connectivity index (χ1) is 9.33. The van der Waals surface area contributed by atoms with Crippen LogP contribution in [0.1, 0.15) is 6.42 Å². The van der Waals surface area contributed by atoms with Crippen molar-refractivity contribution in [2.75, 3.05) is 0 Å². The molecule has 0 radical (unpaired) electrons. The lowest BCUT2D eigenvalue weighted by molar-refractivity contribution is 1.05. The Balaban J connectivity index is 2.18. The van der Waals surface area contributed by atoms with Crippen LogP contribution in [0, 0.1) is 0 Å². The van der Waals surface area contributed by atoms with Crippen LogP contribution in [0.5, 0.6) is 0 Å². The van der Waals surface area contributed by atoms with Gasteiger partial charge in [-0.2, -0.15) is 4.99 Å². The third-order valence-electron chi connectivity index (χ3n) is 2.61. The summed E-state index contributed by atoms with van der Waals surface area (Å²) in [6.07, 6.45) is 11.7. The van der Waals surface area contributed by atoms with E-state index >= 15 is 0 Å². The molecule has 0 unspecified atom stereocenters. The maximum atomic E-state index is 4.44. The highest BCUT2D eigenvalue weighted by molar-refractivity contribution is 8.06. The fraction of sp³-hybridized carbons (Fsp3) is 0.0714. The van der Waals surface area contributed by atoms with Crippen molar-refractivity contribution in [3.05, 3.63) is 63.7 Å². The number of fused-ring (bicyclic) bond motifs is 1. The van der Waals surface area contributed by atoms with Crippen molar-refractivity contribution in [1.82, 2.24) is 9.97 Å². The first-order valence-electron chi connectivity index (χ1n) is 5.74. The van der Waals surface area contributed by atoms with Gasteiger partial charge in [0.2, 0.25) is 0 Å². The second-order valence-corrected chi connectivity index (χ2v) is 4.97. The number of rotatable bonds is 0. The Kier molecular flexibility index (Phi) is 3.23. The second-order valence-electron chi connectivity index (χ2n) is 3.91. The van der Waals surface area contributed by atoms with Crippen LogP contribution in [-0.4, -0.2) is 15.8 Å². The summed E-state index contributed by atoms with van der Waals surface area (Å²) in [5, 5.41) is 3.09. The molecule has 2 aliphatic heterocycles. The number of hydrogen-bond donors (Lipinski definition) is 0. The zero-order valence-electron chi connectivity index (χ0n) is 10.1. The molecule has 0 saturated carbocycles. The summed E-state index contributed by atoms with van der Waals surface area (Å²) in [7, 11) is 0. The maximum absolute atomic E-state index is 4.44. The van der Waals surface area contributed by atoms with Gasteiger partial charge in [-0.1, -0.05) is 24.8 Å². The summed E-state index contributed by atoms with van der Waals surface area (Å²) >= 11 is 1.44. The molecule has 0 aliphatic carbocycles. The van der Waals surface area contributed by atoms with Crippen molar-refractivity contribution >= 4 is 23.7 Å². The molecule has 1 aromatic heterocycles. The molecule has 1 aromatic rings. The number of thioether (sulfide) groups is 1. The monoisotopic (exact) mass is 266 g/mol. The van der Waals surface area contributed by atoms with Gasteiger partial charge in [0.25, 0.3) is 0 Å². The Morgan fingerprint density at radius 3 is 3.26 bits per heavy atom. The van der Waals surface area contributed by atoms with E-state index in [1.807, 2.05) is 18.2 Å². The molecule has 0 N–H and O–H groups in total. The SMILES string of the molecule is C=C1/N=c2/cncn/c2=C/CC2=C(N=C=CC=C2)S1. The highest BCUT2D eigenvalue weighted by Gasteiger charge is 2.08. The van der Waals surface area contributed by atoms with Crippen LogP contribution >= 0.6 is 11.8 Å². The molecular weight excluding hydrogens is 256 g/mol. The van der Waals surface area contributed by atoms with Crippen LogP contribution in [0.4, 0.5) is 0 Å². The third-order valence-corrected chi connectivity index (χ3v) is 3.48. The van der Waals surface area contributed by atoms with E-state index in [4.69, 9.17) is 0 Å². The quantitative estimate of drug-likeness (QED) is 0.715. The number of hydrogen-bond acceptors (Lipinski definition) is 5. The van der Waals surface area contributed by atoms with E-state index in [0.717, 1.165) is 27.7 Å². The minimum atomic E-state index is 0.666. The van der Waals surface area contributed by atoms with Crippen molar-refractivity contribution in [3.8, 4) is 0 Å². The van der Waals surface area contributed by atoms with E-state index in [1.54, 1.807) is 12.3 Å². The Morgan fingerprint density at radius 1 is 1.37 bits per heavy atom. The minimum absolute atomic E-state index is 0.666. The summed E-state index contributed by atoms with van der Waals surface area (Å²) < 4.78 is 0. The second kappa shape index (κ2) is 5.18. The predicted octanol–water partition coefficient (Wildman–Crippen LogP) is 1.49. The fourth-order valence-corrected chi connectivity index (χ4v) is 2.49. The zero-order valence-corrected chi connectivity index (χ0v) is 10.9. The largest absolute Gasteiger partial charge is 0.243 e. The van der Waals surface area contributed by atoms with Gasteiger partial charge in [-0.15, -0.1) is 0 Å². The normalized spacial score (nSPS) is 20.9. The summed E-state index contributed by atoms with van der Waals surface area (Å²) in [6, 6.07) is 0. The molecule has 0 fully saturated rings. The van der Waals surface area contributed by atoms with Gasteiger partial charge >= 0.3 is 0 Å². The van der Waals surface area contributed by atoms with Crippen LogP contribution in [0.25, 0.3) is 6.08 Å². The highest BCUT2D eigenvalue weighted by Crippen LogP contribution is 2.31. The smallest absolute Gasteiger partial charge is 0.116 e. The molecule has 0 bridgehead atoms. The molecular formula is C14H10N4S. The average molecular weight is 266 g/mol. The number of aliphatic imine (C=N–C) groups is 1. The standard InChI is InChI=1S/C14H10N4S/c1-10-18-13-8-15-9-17-12(13)6-5-11-4-2-3-7-16-14(11)19-10/h2-4,6,8-9H,1,5H2/b12-6+,18-13-. The molecule has 0 amide bonds. The van der Waals surface area contributed by atoms with Gasteiger partial charge in [-0.3, -0.25) is 0 Å². The first-order valence-corrected chi connectivity index (χ1v) is 6.55. The topological polar surface area (TPSA) is 50.5 Å². The van der Waals surface area contributed by atoms with E-state index in [-0.39, 0.29) is 0 Å². The molecule has 3 heterocycles. The van der Waals surface area contributed by atoms with Crippen molar-refractivity contribution < 1.29 is 0 Å². The number of allylic oxidation sites excluding steroid dienone is 4. The van der Waals surface area contributed by atoms with Crippen molar-refractivity contribution in [3.63, 3.8) is 0 Å². The molecule has 0 atom stereocenters. The lowest BCUT2D eigenvalue weighted by Crippen LogP contribution is -2.28. The number of aromatic nitrogens is 2. The molecule has 2 aliphatic rings. The third kappa shape index (κ3) is 2.62. The van der Waals surface area contributed by atoms with Crippen LogP contribution in [0.2, 0.25) is 0 Å². The van der Waals surface area contributed by atoms with Gasteiger partial charge in [-0.25, -0.2) is 15.0 Å². The van der Waals surface area contributed by atoms with E-state index in [2.05, 4.69) is 32.4 Å². The zero-order chi connectivity index (χ0) is 13.1. The van der Waals surface area contributed by atoms with Crippen molar-refractivity contribution in [1.29, 1.82) is 0 Å². The Hall–Kier alpha value is -2.23. The summed E-state index contributed by atoms with van der Waals surface area (Å²) in [5.74, 6) is 2.87. The van der Waals surface area contributed by atoms with E-state index in [0.29, 0.717) is 5.03 Å². The molecule has 92 valence electrons. The van der Waals surface area contributed by atoms with Gasteiger partial charge in [-0.05, 0) is 35.7 Å². The lowest BCUT2D eigenvalue weighted by atomic mass is 10.2. The summed E-state index contributed by atoms with van der Waals surface area (Å²) in [6.45, 7) is 3.95. The summed E-state index contributed by atoms with van der Waals surface area (Å²) in [5.41, 5.74) is 1.11. The maximum Gasteiger partial charge on any atom is 0.116 e. The van der Waals surface area contributed by atoms with E-state index in [9.17, 15) is 0 Å². The molecule has 19 heavy (non-hydrogen) atoms. The summed E-state index contributed by atoms with van der Waals surface area (Å²) in [4.78, 5) is 17.0. The van der Waals surface area contributed by atoms with Gasteiger partial charge < -0.3 is 0 Å². The number of nitrogens with zero attached hydrogens (tertiary/aromatic N) is 4. The molecule has 4 nitrogen and oxygen atoms in total. The van der Waals surface area contributed by atoms with Crippen LogP contribution in [0.3, 0.4) is 0 Å². The van der Waals surface area contributed by atoms with Crippen LogP contribution in [-0.2, 0) is 0 Å². The Morgan fingerprint density at radius 2 is 2.32 bits per heavy atom. The van der Waals surface area contributed by atoms with Gasteiger partial charge in [0.15, 0.2) is 0 Å². The van der Waals surface area contributed by atoms with E-state index < -0.39 is 0 Å². The van der Waals surface area contributed by atoms with Crippen LogP contribution in [0.15, 0.2) is 62.9 Å². The van der Waals surface area contributed by atoms with Crippen molar-refractivity contribution in [2.45, 2.75) is 6.42 Å². The molecule has 0 spiro atoms. The average Bonchev–Trinajstić information content (AvgIpc) is 2.59. The molecule has 0 saturated heterocycles. The highest BCUT2D eigenvalue weighted by atomic mass is 32.2. The van der Waals surface area contributed by atoms with E-state index in [1.165, 1.54) is 18.1 Å². The predicted molar refractivity (Wildman–Crippen MR) is 76.8 cm³/mol. The van der Waals surface area contributed by atoms with Gasteiger partial charge in [0.05, 0.1) is 16.6 Å². The Labute approximate surface area is 114 Å². The first kappa shape index (κ1) is 11.8. The molecule has 0 aromatic carbocycles. The van der Waals surface area contributed by atoms with Gasteiger partial charge in [0, 0.05) is 0 Å². The van der Waals surface area contributed by atoms with Crippen LogP contribution < -0.4 is 10.7 Å². The lowest BCUT2D eigenvalue weighted by Gasteiger charge is -2.03.